The standard InChI is InChI=1S/C14H8Br2O4/c15-10-7-6-9(13(17)18)11(16)12(10)20-14(19)8-4-2-1-3-5-8/h1-7H,(H,17,18). The summed E-state index contributed by atoms with van der Waals surface area (Å²) in [6.45, 7) is 0. The van der Waals surface area contributed by atoms with Gasteiger partial charge in [0, 0.05) is 0 Å². The molecule has 0 aromatic heterocycles. The lowest BCUT2D eigenvalue weighted by molar-refractivity contribution is 0.0685. The van der Waals surface area contributed by atoms with E-state index in [1.807, 2.05) is 0 Å². The molecule has 1 N–H and O–H groups in total. The van der Waals surface area contributed by atoms with E-state index in [9.17, 15) is 9.59 Å². The van der Waals surface area contributed by atoms with Gasteiger partial charge in [-0.25, -0.2) is 9.59 Å². The van der Waals surface area contributed by atoms with Gasteiger partial charge in [0.15, 0.2) is 5.75 Å². The first-order chi connectivity index (χ1) is 9.50. The van der Waals surface area contributed by atoms with E-state index in [0.29, 0.717) is 10.0 Å². The largest absolute Gasteiger partial charge is 0.478 e. The Balaban J connectivity index is 2.37. The van der Waals surface area contributed by atoms with Crippen molar-refractivity contribution in [2.24, 2.45) is 0 Å². The lowest BCUT2D eigenvalue weighted by Crippen LogP contribution is -2.10. The number of carbonyl (C=O) groups is 2. The molecule has 0 atom stereocenters. The van der Waals surface area contributed by atoms with Crippen molar-refractivity contribution in [1.82, 2.24) is 0 Å². The van der Waals surface area contributed by atoms with Crippen molar-refractivity contribution in [3.8, 4) is 5.75 Å². The van der Waals surface area contributed by atoms with Crippen LogP contribution in [0.2, 0.25) is 0 Å². The SMILES string of the molecule is O=C(Oc1c(Br)ccc(C(=O)O)c1Br)c1ccccc1. The highest BCUT2D eigenvalue weighted by molar-refractivity contribution is 9.11. The maximum atomic E-state index is 12.0. The second kappa shape index (κ2) is 6.19. The van der Waals surface area contributed by atoms with Crippen LogP contribution >= 0.6 is 31.9 Å². The number of hydrogen-bond acceptors (Lipinski definition) is 3. The average molecular weight is 400 g/mol. The van der Waals surface area contributed by atoms with Crippen molar-refractivity contribution in [2.75, 3.05) is 0 Å². The number of rotatable bonds is 3. The van der Waals surface area contributed by atoms with Crippen LogP contribution in [0.25, 0.3) is 0 Å². The molecular formula is C14H8Br2O4. The van der Waals surface area contributed by atoms with Gasteiger partial charge in [-0.3, -0.25) is 0 Å². The Labute approximate surface area is 131 Å². The van der Waals surface area contributed by atoms with E-state index in [0.717, 1.165) is 0 Å². The highest BCUT2D eigenvalue weighted by atomic mass is 79.9. The van der Waals surface area contributed by atoms with E-state index >= 15 is 0 Å². The van der Waals surface area contributed by atoms with Gasteiger partial charge < -0.3 is 9.84 Å². The van der Waals surface area contributed by atoms with Crippen molar-refractivity contribution in [3.05, 3.63) is 62.5 Å². The van der Waals surface area contributed by atoms with E-state index in [4.69, 9.17) is 9.84 Å². The van der Waals surface area contributed by atoms with Crippen molar-refractivity contribution in [2.45, 2.75) is 0 Å². The third kappa shape index (κ3) is 3.08. The summed E-state index contributed by atoms with van der Waals surface area (Å²) in [5.41, 5.74) is 0.399. The third-order valence-electron chi connectivity index (χ3n) is 2.48. The minimum absolute atomic E-state index is 0.0176. The molecule has 20 heavy (non-hydrogen) atoms. The number of esters is 1. The Morgan fingerprint density at radius 2 is 1.65 bits per heavy atom. The topological polar surface area (TPSA) is 63.6 Å². The maximum absolute atomic E-state index is 12.0. The van der Waals surface area contributed by atoms with Crippen LogP contribution < -0.4 is 4.74 Å². The Morgan fingerprint density at radius 3 is 2.25 bits per heavy atom. The van der Waals surface area contributed by atoms with Gasteiger partial charge in [0.25, 0.3) is 0 Å². The van der Waals surface area contributed by atoms with Crippen molar-refractivity contribution in [1.29, 1.82) is 0 Å². The van der Waals surface area contributed by atoms with Gasteiger partial charge in [-0.1, -0.05) is 18.2 Å². The highest BCUT2D eigenvalue weighted by Crippen LogP contribution is 2.36. The average Bonchev–Trinajstić information content (AvgIpc) is 2.43. The van der Waals surface area contributed by atoms with Crippen molar-refractivity contribution >= 4 is 43.8 Å². The molecule has 0 saturated carbocycles. The number of hydrogen-bond donors (Lipinski definition) is 1. The summed E-state index contributed by atoms with van der Waals surface area (Å²) in [4.78, 5) is 23.0. The number of benzene rings is 2. The van der Waals surface area contributed by atoms with E-state index in [1.165, 1.54) is 12.1 Å². The number of ether oxygens (including phenoxy) is 1. The molecule has 0 aliphatic heterocycles. The second-order valence-electron chi connectivity index (χ2n) is 3.80. The minimum atomic E-state index is -1.11. The molecule has 0 radical (unpaired) electrons. The van der Waals surface area contributed by atoms with Gasteiger partial charge in [-0.15, -0.1) is 0 Å². The minimum Gasteiger partial charge on any atom is -0.478 e. The fourth-order valence-corrected chi connectivity index (χ4v) is 2.79. The molecule has 0 amide bonds. The zero-order valence-electron chi connectivity index (χ0n) is 9.97. The predicted molar refractivity (Wildman–Crippen MR) is 80.2 cm³/mol. The normalized spacial score (nSPS) is 10.1. The van der Waals surface area contributed by atoms with E-state index in [1.54, 1.807) is 30.3 Å². The van der Waals surface area contributed by atoms with Crippen molar-refractivity contribution < 1.29 is 19.4 Å². The number of carbonyl (C=O) groups excluding carboxylic acids is 1. The summed E-state index contributed by atoms with van der Waals surface area (Å²) < 4.78 is 5.95. The Kier molecular flexibility index (Phi) is 4.57. The fraction of sp³-hybridized carbons (Fsp3) is 0. The zero-order chi connectivity index (χ0) is 14.7. The Morgan fingerprint density at radius 1 is 1.00 bits per heavy atom. The molecule has 0 aliphatic carbocycles. The molecule has 0 fully saturated rings. The lowest BCUT2D eigenvalue weighted by Gasteiger charge is -2.10. The van der Waals surface area contributed by atoms with Crippen LogP contribution in [0.3, 0.4) is 0 Å². The molecule has 102 valence electrons. The number of halogens is 2. The molecule has 4 nitrogen and oxygen atoms in total. The summed E-state index contributed by atoms with van der Waals surface area (Å²) in [6, 6.07) is 11.4. The molecule has 2 aromatic carbocycles. The van der Waals surface area contributed by atoms with Gasteiger partial charge in [0.2, 0.25) is 0 Å². The Bertz CT molecular complexity index is 668. The predicted octanol–water partition coefficient (Wildman–Crippen LogP) is 4.13. The van der Waals surface area contributed by atoms with Gasteiger partial charge >= 0.3 is 11.9 Å². The third-order valence-corrected chi connectivity index (χ3v) is 3.90. The number of carboxylic acids is 1. The first-order valence-corrected chi connectivity index (χ1v) is 7.08. The molecule has 0 saturated heterocycles. The summed E-state index contributed by atoms with van der Waals surface area (Å²) >= 11 is 6.38. The molecule has 0 bridgehead atoms. The van der Waals surface area contributed by atoms with Crippen LogP contribution in [0.1, 0.15) is 20.7 Å². The van der Waals surface area contributed by atoms with Gasteiger partial charge in [0.05, 0.1) is 20.1 Å². The molecule has 0 spiro atoms. The van der Waals surface area contributed by atoms with Crippen LogP contribution in [-0.4, -0.2) is 17.0 Å². The first-order valence-electron chi connectivity index (χ1n) is 5.49. The van der Waals surface area contributed by atoms with Crippen LogP contribution in [0.5, 0.6) is 5.75 Å². The summed E-state index contributed by atoms with van der Waals surface area (Å²) in [7, 11) is 0. The van der Waals surface area contributed by atoms with Crippen LogP contribution in [0.4, 0.5) is 0 Å². The summed E-state index contributed by atoms with van der Waals surface area (Å²) in [6.07, 6.45) is 0. The van der Waals surface area contributed by atoms with Gasteiger partial charge in [-0.2, -0.15) is 0 Å². The number of carboxylic acid groups (broad SMARTS) is 1. The monoisotopic (exact) mass is 398 g/mol. The molecule has 0 unspecified atom stereocenters. The second-order valence-corrected chi connectivity index (χ2v) is 5.45. The van der Waals surface area contributed by atoms with Crippen LogP contribution in [0.15, 0.2) is 51.4 Å². The molecule has 0 heterocycles. The fourth-order valence-electron chi connectivity index (χ4n) is 1.52. The van der Waals surface area contributed by atoms with Crippen molar-refractivity contribution in [3.63, 3.8) is 0 Å². The van der Waals surface area contributed by atoms with Gasteiger partial charge in [0.1, 0.15) is 0 Å². The van der Waals surface area contributed by atoms with E-state index in [-0.39, 0.29) is 15.8 Å². The Hall–Kier alpha value is -1.66. The van der Waals surface area contributed by atoms with Crippen LogP contribution in [-0.2, 0) is 0 Å². The highest BCUT2D eigenvalue weighted by Gasteiger charge is 2.19. The van der Waals surface area contributed by atoms with E-state index < -0.39 is 11.9 Å². The number of aromatic carboxylic acids is 1. The first kappa shape index (κ1) is 14.7. The molecule has 2 rings (SSSR count). The zero-order valence-corrected chi connectivity index (χ0v) is 13.1. The summed E-state index contributed by atoms with van der Waals surface area (Å²) in [5, 5.41) is 9.05. The lowest BCUT2D eigenvalue weighted by atomic mass is 10.2. The molecular weight excluding hydrogens is 392 g/mol. The quantitative estimate of drug-likeness (QED) is 0.622. The smallest absolute Gasteiger partial charge is 0.343 e. The molecule has 2 aromatic rings. The van der Waals surface area contributed by atoms with E-state index in [2.05, 4.69) is 31.9 Å². The summed E-state index contributed by atoms with van der Waals surface area (Å²) in [5.74, 6) is -1.53. The molecule has 6 heteroatoms. The van der Waals surface area contributed by atoms with Crippen LogP contribution in [0, 0.1) is 0 Å². The van der Waals surface area contributed by atoms with Gasteiger partial charge in [-0.05, 0) is 56.1 Å². The molecule has 0 aliphatic rings. The maximum Gasteiger partial charge on any atom is 0.343 e.